The maximum atomic E-state index is 13.5. The Bertz CT molecular complexity index is 1650. The highest BCUT2D eigenvalue weighted by molar-refractivity contribution is 7.53. The van der Waals surface area contributed by atoms with Gasteiger partial charge < -0.3 is 18.9 Å². The third-order valence-corrected chi connectivity index (χ3v) is 8.94. The fourth-order valence-corrected chi connectivity index (χ4v) is 5.86. The van der Waals surface area contributed by atoms with Gasteiger partial charge in [0.2, 0.25) is 13.6 Å². The van der Waals surface area contributed by atoms with E-state index >= 15 is 0 Å². The van der Waals surface area contributed by atoms with Crippen LogP contribution in [0.3, 0.4) is 0 Å². The van der Waals surface area contributed by atoms with Gasteiger partial charge in [-0.2, -0.15) is 4.98 Å². The summed E-state index contributed by atoms with van der Waals surface area (Å²) in [7, 11) is 0.0686. The Morgan fingerprint density at radius 2 is 1.46 bits per heavy atom. The molecule has 0 bridgehead atoms. The van der Waals surface area contributed by atoms with E-state index in [1.165, 1.54) is 0 Å². The molecule has 0 atom stereocenters. The van der Waals surface area contributed by atoms with Crippen molar-refractivity contribution in [3.05, 3.63) is 38.5 Å². The first kappa shape index (κ1) is 36.9. The molecule has 46 heavy (non-hydrogen) atoms. The van der Waals surface area contributed by atoms with Gasteiger partial charge in [-0.05, 0) is 79.0 Å². The molecule has 3 rings (SSSR count). The third-order valence-electron chi connectivity index (χ3n) is 7.08. The van der Waals surface area contributed by atoms with Gasteiger partial charge in [0.05, 0.1) is 28.0 Å². The number of ether oxygens (including phenoxy) is 2. The summed E-state index contributed by atoms with van der Waals surface area (Å²) in [5, 5.41) is 0. The molecule has 254 valence electrons. The zero-order valence-electron chi connectivity index (χ0n) is 28.2. The number of hydrogen-bond donors (Lipinski definition) is 1. The smallest absolute Gasteiger partial charge is 0.349 e. The number of nitrogens with one attached hydrogen (secondary N) is 1. The lowest BCUT2D eigenvalue weighted by Crippen LogP contribution is -2.29. The van der Waals surface area contributed by atoms with Crippen molar-refractivity contribution in [2.75, 3.05) is 38.7 Å². The monoisotopic (exact) mass is 663 g/mol. The summed E-state index contributed by atoms with van der Waals surface area (Å²) in [4.78, 5) is 61.8. The van der Waals surface area contributed by atoms with E-state index in [1.807, 2.05) is 42.6 Å². The molecule has 0 aromatic heterocycles. The van der Waals surface area contributed by atoms with Crippen molar-refractivity contribution in [3.63, 3.8) is 0 Å². The zero-order chi connectivity index (χ0) is 34.4. The maximum absolute atomic E-state index is 13.5. The van der Waals surface area contributed by atoms with Gasteiger partial charge in [-0.1, -0.05) is 12.8 Å². The predicted molar refractivity (Wildman–Crippen MR) is 174 cm³/mol. The van der Waals surface area contributed by atoms with Crippen molar-refractivity contribution in [3.8, 4) is 11.5 Å². The molecule has 0 spiro atoms. The summed E-state index contributed by atoms with van der Waals surface area (Å²) in [5.41, 5.74) is 0.482. The number of fused-ring (bicyclic) bond motifs is 2. The second-order valence-corrected chi connectivity index (χ2v) is 15.6. The fraction of sp³-hybridized carbons (Fsp3) is 0.613. The molecule has 2 aliphatic heterocycles. The normalized spacial score (nSPS) is 12.5. The van der Waals surface area contributed by atoms with Crippen molar-refractivity contribution in [1.29, 1.82) is 0 Å². The molecular formula is C31H46N5O9P. The standard InChI is InChI=1S/C31H46N5O9P/c1-20-16-21-23(17-22(20)35(8)9)36(25-24(32-21)26(37)34-29(40)33-25)14-12-10-11-13-15-46(41,44-18-42-27(38)30(2,3)4)45-19-43-28(39)31(5,6)7/h16-17H,10-15,18-19H2,1-9H3,(H,34,37,40). The molecule has 2 aliphatic rings. The van der Waals surface area contributed by atoms with Crippen LogP contribution >= 0.6 is 7.60 Å². The molecule has 15 heteroatoms. The van der Waals surface area contributed by atoms with Crippen LogP contribution in [0.25, 0.3) is 22.6 Å². The summed E-state index contributed by atoms with van der Waals surface area (Å²) < 4.78 is 36.4. The first-order valence-corrected chi connectivity index (χ1v) is 16.9. The topological polar surface area (TPSA) is 172 Å². The second-order valence-electron chi connectivity index (χ2n) is 13.4. The quantitative estimate of drug-likeness (QED) is 0.0819. The highest BCUT2D eigenvalue weighted by Gasteiger charge is 2.30. The van der Waals surface area contributed by atoms with Crippen LogP contribution < -0.4 is 16.1 Å². The summed E-state index contributed by atoms with van der Waals surface area (Å²) in [6.07, 6.45) is 2.40. The largest absolute Gasteiger partial charge is 0.438 e. The number of aryl methyl sites for hydroxylation is 2. The van der Waals surface area contributed by atoms with Crippen molar-refractivity contribution < 1.29 is 32.7 Å². The van der Waals surface area contributed by atoms with E-state index in [0.29, 0.717) is 37.7 Å². The second kappa shape index (κ2) is 14.9. The molecule has 0 unspecified atom stereocenters. The molecule has 2 heterocycles. The number of anilines is 1. The average molecular weight is 664 g/mol. The number of nitrogens with zero attached hydrogens (tertiary/aromatic N) is 4. The van der Waals surface area contributed by atoms with Gasteiger partial charge in [0.15, 0.2) is 11.5 Å². The number of benzene rings is 1. The number of esters is 2. The average Bonchev–Trinajstić information content (AvgIpc) is 2.93. The molecule has 0 saturated heterocycles. The first-order valence-electron chi connectivity index (χ1n) is 15.2. The summed E-state index contributed by atoms with van der Waals surface area (Å²) >= 11 is 0. The minimum absolute atomic E-state index is 0.00332. The van der Waals surface area contributed by atoms with Gasteiger partial charge in [0.25, 0.3) is 5.56 Å². The van der Waals surface area contributed by atoms with Crippen molar-refractivity contribution >= 4 is 36.3 Å². The molecule has 1 aromatic rings. The first-order chi connectivity index (χ1) is 21.3. The van der Waals surface area contributed by atoms with E-state index in [4.69, 9.17) is 18.5 Å². The molecule has 0 amide bonds. The van der Waals surface area contributed by atoms with E-state index < -0.39 is 55.2 Å². The van der Waals surface area contributed by atoms with E-state index in [-0.39, 0.29) is 17.7 Å². The number of hydrogen-bond acceptors (Lipinski definition) is 12. The number of rotatable bonds is 14. The number of H-pyrrole nitrogens is 1. The number of carbonyl (C=O) groups excluding carboxylic acids is 2. The third kappa shape index (κ3) is 9.70. The summed E-state index contributed by atoms with van der Waals surface area (Å²) in [6, 6.07) is 3.87. The van der Waals surface area contributed by atoms with E-state index in [9.17, 15) is 23.7 Å². The van der Waals surface area contributed by atoms with Crippen LogP contribution in [0.15, 0.2) is 21.7 Å². The Morgan fingerprint density at radius 1 is 0.891 bits per heavy atom. The van der Waals surface area contributed by atoms with Gasteiger partial charge in [-0.25, -0.2) is 9.78 Å². The van der Waals surface area contributed by atoms with Gasteiger partial charge in [0, 0.05) is 26.3 Å². The summed E-state index contributed by atoms with van der Waals surface area (Å²) in [6.45, 7) is 11.4. The maximum Gasteiger partial charge on any atom is 0.349 e. The van der Waals surface area contributed by atoms with Crippen LogP contribution in [-0.4, -0.2) is 65.3 Å². The zero-order valence-corrected chi connectivity index (χ0v) is 29.1. The Hall–Kier alpha value is -3.61. The van der Waals surface area contributed by atoms with Crippen molar-refractivity contribution in [2.45, 2.75) is 80.7 Å². The number of aromatic nitrogens is 4. The lowest BCUT2D eigenvalue weighted by Gasteiger charge is -2.22. The van der Waals surface area contributed by atoms with Crippen molar-refractivity contribution in [1.82, 2.24) is 19.5 Å². The van der Waals surface area contributed by atoms with Crippen LogP contribution in [0.1, 0.15) is 72.8 Å². The van der Waals surface area contributed by atoms with Crippen molar-refractivity contribution in [2.24, 2.45) is 10.8 Å². The number of aromatic amines is 1. The van der Waals surface area contributed by atoms with Crippen LogP contribution in [0.4, 0.5) is 5.69 Å². The summed E-state index contributed by atoms with van der Waals surface area (Å²) in [5.74, 6) is -0.851. The Balaban J connectivity index is 1.70. The predicted octanol–water partition coefficient (Wildman–Crippen LogP) is 4.84. The van der Waals surface area contributed by atoms with Crippen LogP contribution in [0.2, 0.25) is 0 Å². The molecule has 0 saturated carbocycles. The lowest BCUT2D eigenvalue weighted by atomic mass is 9.98. The lowest BCUT2D eigenvalue weighted by molar-refractivity contribution is -0.162. The van der Waals surface area contributed by atoms with E-state index in [2.05, 4.69) is 15.0 Å². The molecular weight excluding hydrogens is 617 g/mol. The Morgan fingerprint density at radius 3 is 2.00 bits per heavy atom. The van der Waals surface area contributed by atoms with Crippen LogP contribution in [0.5, 0.6) is 0 Å². The molecule has 1 aromatic carbocycles. The van der Waals surface area contributed by atoms with Crippen LogP contribution in [0, 0.1) is 17.8 Å². The molecule has 0 radical (unpaired) electrons. The SMILES string of the molecule is Cc1cc2nc3c(=O)[nH]c(=O)nc-3n(CCCCCCP(=O)(OCOC(=O)C(C)(C)C)OCOC(=O)C(C)(C)C)c2cc1N(C)C. The number of carbonyl (C=O) groups is 2. The molecule has 14 nitrogen and oxygen atoms in total. The highest BCUT2D eigenvalue weighted by atomic mass is 31.2. The highest BCUT2D eigenvalue weighted by Crippen LogP contribution is 2.49. The number of unbranched alkanes of at least 4 members (excludes halogenated alkanes) is 3. The Labute approximate surface area is 268 Å². The Kier molecular flexibility index (Phi) is 11.9. The van der Waals surface area contributed by atoms with Crippen LogP contribution in [-0.2, 0) is 39.2 Å². The van der Waals surface area contributed by atoms with E-state index in [0.717, 1.165) is 16.8 Å². The molecule has 0 aliphatic carbocycles. The van der Waals surface area contributed by atoms with Gasteiger partial charge in [0.1, 0.15) is 0 Å². The minimum atomic E-state index is -3.79. The van der Waals surface area contributed by atoms with E-state index in [1.54, 1.807) is 41.5 Å². The minimum Gasteiger partial charge on any atom is -0.438 e. The fourth-order valence-electron chi connectivity index (χ4n) is 4.49. The van der Waals surface area contributed by atoms with Gasteiger partial charge >= 0.3 is 25.2 Å². The molecule has 1 N–H and O–H groups in total. The van der Waals surface area contributed by atoms with Gasteiger partial charge in [-0.15, -0.1) is 0 Å². The van der Waals surface area contributed by atoms with Gasteiger partial charge in [-0.3, -0.25) is 33.0 Å². The molecule has 0 fully saturated rings.